The van der Waals surface area contributed by atoms with E-state index < -0.39 is 0 Å². The number of fused-ring (bicyclic) bond motifs is 3. The first-order valence-electron chi connectivity index (χ1n) is 12.1. The topological polar surface area (TPSA) is 67.3 Å². The van der Waals surface area contributed by atoms with Crippen molar-refractivity contribution in [3.05, 3.63) is 30.1 Å². The maximum absolute atomic E-state index is 13.1. The maximum Gasteiger partial charge on any atom is 0.233 e. The SMILES string of the molecule is CC(Sc1nc(CN2CCOCC2)nc2ccccc12)C(=O)NC(C)C1CC2CCC1C2. The number of carbonyl (C=O) groups excluding carboxylic acids is 1. The second-order valence-electron chi connectivity index (χ2n) is 9.75. The van der Waals surface area contributed by atoms with Gasteiger partial charge in [-0.1, -0.05) is 36.4 Å². The van der Waals surface area contributed by atoms with Gasteiger partial charge in [0.25, 0.3) is 0 Å². The first-order valence-corrected chi connectivity index (χ1v) is 13.0. The summed E-state index contributed by atoms with van der Waals surface area (Å²) in [6.45, 7) is 8.22. The number of ether oxygens (including phenoxy) is 1. The number of benzene rings is 1. The van der Waals surface area contributed by atoms with E-state index in [-0.39, 0.29) is 17.2 Å². The third-order valence-corrected chi connectivity index (χ3v) is 8.65. The minimum Gasteiger partial charge on any atom is -0.379 e. The van der Waals surface area contributed by atoms with Crippen LogP contribution in [0.3, 0.4) is 0 Å². The highest BCUT2D eigenvalue weighted by molar-refractivity contribution is 8.00. The molecular weight excluding hydrogens is 420 g/mol. The number of amides is 1. The van der Waals surface area contributed by atoms with Gasteiger partial charge in [-0.05, 0) is 56.9 Å². The minimum atomic E-state index is -0.203. The van der Waals surface area contributed by atoms with Gasteiger partial charge in [-0.15, -0.1) is 0 Å². The quantitative estimate of drug-likeness (QED) is 0.506. The molecule has 5 atom stereocenters. The van der Waals surface area contributed by atoms with Crippen molar-refractivity contribution in [2.24, 2.45) is 17.8 Å². The molecule has 5 unspecified atom stereocenters. The van der Waals surface area contributed by atoms with Crippen molar-refractivity contribution in [1.29, 1.82) is 0 Å². The monoisotopic (exact) mass is 454 g/mol. The molecule has 1 aliphatic heterocycles. The number of hydrogen-bond acceptors (Lipinski definition) is 6. The third-order valence-electron chi connectivity index (χ3n) is 7.55. The van der Waals surface area contributed by atoms with Crippen LogP contribution < -0.4 is 5.32 Å². The van der Waals surface area contributed by atoms with Crippen molar-refractivity contribution in [1.82, 2.24) is 20.2 Å². The number of nitrogens with zero attached hydrogens (tertiary/aromatic N) is 3. The van der Waals surface area contributed by atoms with E-state index in [1.807, 2.05) is 25.1 Å². The molecule has 1 aromatic carbocycles. The normalized spacial score (nSPS) is 27.5. The Hall–Kier alpha value is -1.70. The molecule has 3 aliphatic rings. The summed E-state index contributed by atoms with van der Waals surface area (Å²) >= 11 is 1.55. The predicted molar refractivity (Wildman–Crippen MR) is 127 cm³/mol. The Balaban J connectivity index is 1.28. The van der Waals surface area contributed by atoms with E-state index >= 15 is 0 Å². The van der Waals surface area contributed by atoms with Crippen molar-refractivity contribution in [3.8, 4) is 0 Å². The summed E-state index contributed by atoms with van der Waals surface area (Å²) in [7, 11) is 0. The molecule has 2 saturated carbocycles. The summed E-state index contributed by atoms with van der Waals surface area (Å²) < 4.78 is 5.46. The van der Waals surface area contributed by atoms with Gasteiger partial charge < -0.3 is 10.1 Å². The van der Waals surface area contributed by atoms with Crippen molar-refractivity contribution in [2.75, 3.05) is 26.3 Å². The molecule has 1 aromatic heterocycles. The van der Waals surface area contributed by atoms with Gasteiger partial charge in [0.05, 0.1) is 30.5 Å². The number of carbonyl (C=O) groups is 1. The number of morpholine rings is 1. The lowest BCUT2D eigenvalue weighted by atomic mass is 9.84. The molecule has 32 heavy (non-hydrogen) atoms. The Kier molecular flexibility index (Phi) is 6.67. The van der Waals surface area contributed by atoms with Crippen LogP contribution in [0.4, 0.5) is 0 Å². The summed E-state index contributed by atoms with van der Waals surface area (Å²) in [5, 5.41) is 5.04. The van der Waals surface area contributed by atoms with Crippen LogP contribution in [0, 0.1) is 17.8 Å². The number of aromatic nitrogens is 2. The van der Waals surface area contributed by atoms with Crippen LogP contribution in [0.2, 0.25) is 0 Å². The van der Waals surface area contributed by atoms with E-state index in [1.165, 1.54) is 25.7 Å². The van der Waals surface area contributed by atoms with Crippen molar-refractivity contribution >= 4 is 28.6 Å². The lowest BCUT2D eigenvalue weighted by Gasteiger charge is -2.29. The molecular formula is C25H34N4O2S. The number of para-hydroxylation sites is 1. The van der Waals surface area contributed by atoms with Gasteiger partial charge in [-0.25, -0.2) is 9.97 Å². The molecule has 2 aliphatic carbocycles. The van der Waals surface area contributed by atoms with Gasteiger partial charge in [0, 0.05) is 24.5 Å². The van der Waals surface area contributed by atoms with Crippen LogP contribution in [0.1, 0.15) is 45.4 Å². The predicted octanol–water partition coefficient (Wildman–Crippen LogP) is 3.88. The molecule has 2 bridgehead atoms. The summed E-state index contributed by atoms with van der Waals surface area (Å²) in [6, 6.07) is 8.36. The molecule has 0 radical (unpaired) electrons. The van der Waals surface area contributed by atoms with Crippen molar-refractivity contribution in [3.63, 3.8) is 0 Å². The molecule has 2 aromatic rings. The summed E-state index contributed by atoms with van der Waals surface area (Å²) in [6.07, 6.45) is 5.39. The minimum absolute atomic E-state index is 0.114. The zero-order chi connectivity index (χ0) is 22.1. The summed E-state index contributed by atoms with van der Waals surface area (Å²) in [5.74, 6) is 3.29. The van der Waals surface area contributed by atoms with Crippen molar-refractivity contribution in [2.45, 2.75) is 62.4 Å². The summed E-state index contributed by atoms with van der Waals surface area (Å²) in [5.41, 5.74) is 0.941. The second-order valence-corrected chi connectivity index (χ2v) is 11.1. The average Bonchev–Trinajstić information content (AvgIpc) is 3.44. The van der Waals surface area contributed by atoms with Crippen LogP contribution in [0.15, 0.2) is 29.3 Å². The fourth-order valence-corrected chi connectivity index (χ4v) is 6.76. The smallest absolute Gasteiger partial charge is 0.233 e. The van der Waals surface area contributed by atoms with E-state index in [1.54, 1.807) is 11.8 Å². The standard InChI is InChI=1S/C25H34N4O2S/c1-16(21-14-18-7-8-19(21)13-18)26-24(30)17(2)32-25-20-5-3-4-6-22(20)27-23(28-25)15-29-9-11-31-12-10-29/h3-6,16-19,21H,7-15H2,1-2H3,(H,26,30). The Morgan fingerprint density at radius 1 is 1.19 bits per heavy atom. The van der Waals surface area contributed by atoms with Gasteiger partial charge in [0.15, 0.2) is 0 Å². The maximum atomic E-state index is 13.1. The molecule has 6 nitrogen and oxygen atoms in total. The largest absolute Gasteiger partial charge is 0.379 e. The van der Waals surface area contributed by atoms with E-state index in [9.17, 15) is 4.79 Å². The lowest BCUT2D eigenvalue weighted by Crippen LogP contribution is -2.43. The molecule has 1 N–H and O–H groups in total. The molecule has 172 valence electrons. The van der Waals surface area contributed by atoms with E-state index in [2.05, 4.69) is 23.2 Å². The lowest BCUT2D eigenvalue weighted by molar-refractivity contribution is -0.121. The Labute approximate surface area is 194 Å². The Bertz CT molecular complexity index is 964. The van der Waals surface area contributed by atoms with Gasteiger partial charge >= 0.3 is 0 Å². The molecule has 1 amide bonds. The third kappa shape index (κ3) is 4.80. The molecule has 5 rings (SSSR count). The molecule has 2 heterocycles. The first kappa shape index (κ1) is 22.1. The van der Waals surface area contributed by atoms with Gasteiger partial charge in [-0.3, -0.25) is 9.69 Å². The zero-order valence-corrected chi connectivity index (χ0v) is 19.9. The second kappa shape index (κ2) is 9.65. The van der Waals surface area contributed by atoms with E-state index in [0.717, 1.165) is 59.9 Å². The van der Waals surface area contributed by atoms with Crippen LogP contribution >= 0.6 is 11.8 Å². The summed E-state index contributed by atoms with van der Waals surface area (Å²) in [4.78, 5) is 25.1. The van der Waals surface area contributed by atoms with Gasteiger partial charge in [0.1, 0.15) is 10.9 Å². The molecule has 7 heteroatoms. The average molecular weight is 455 g/mol. The highest BCUT2D eigenvalue weighted by Crippen LogP contribution is 2.49. The Morgan fingerprint density at radius 3 is 2.75 bits per heavy atom. The molecule has 0 spiro atoms. The van der Waals surface area contributed by atoms with E-state index in [0.29, 0.717) is 12.5 Å². The number of nitrogens with one attached hydrogen (secondary N) is 1. The van der Waals surface area contributed by atoms with Crippen molar-refractivity contribution < 1.29 is 9.53 Å². The van der Waals surface area contributed by atoms with E-state index in [4.69, 9.17) is 14.7 Å². The number of hydrogen-bond donors (Lipinski definition) is 1. The number of thioether (sulfide) groups is 1. The van der Waals surface area contributed by atoms with Gasteiger partial charge in [0.2, 0.25) is 5.91 Å². The fourth-order valence-electron chi connectivity index (χ4n) is 5.79. The first-order chi connectivity index (χ1) is 15.6. The van der Waals surface area contributed by atoms with Crippen LogP contribution in [-0.4, -0.2) is 58.4 Å². The number of rotatable bonds is 7. The highest BCUT2D eigenvalue weighted by atomic mass is 32.2. The van der Waals surface area contributed by atoms with Gasteiger partial charge in [-0.2, -0.15) is 0 Å². The molecule has 3 fully saturated rings. The highest BCUT2D eigenvalue weighted by Gasteiger charge is 2.42. The fraction of sp³-hybridized carbons (Fsp3) is 0.640. The van der Waals surface area contributed by atoms with Crippen LogP contribution in [0.5, 0.6) is 0 Å². The Morgan fingerprint density at radius 2 is 2.00 bits per heavy atom. The molecule has 1 saturated heterocycles. The van der Waals surface area contributed by atoms with Crippen LogP contribution in [-0.2, 0) is 16.1 Å². The van der Waals surface area contributed by atoms with Crippen LogP contribution in [0.25, 0.3) is 10.9 Å². The zero-order valence-electron chi connectivity index (χ0n) is 19.1.